The second kappa shape index (κ2) is 8.91. The van der Waals surface area contributed by atoms with Gasteiger partial charge in [0.05, 0.1) is 10.5 Å². The quantitative estimate of drug-likeness (QED) is 0.538. The molecule has 0 amide bonds. The maximum atomic E-state index is 12.6. The minimum atomic E-state index is -3.49. The lowest BCUT2D eigenvalue weighted by Crippen LogP contribution is -2.35. The molecule has 1 aliphatic rings. The van der Waals surface area contributed by atoms with Crippen molar-refractivity contribution in [3.8, 4) is 0 Å². The first-order chi connectivity index (χ1) is 13.0. The summed E-state index contributed by atoms with van der Waals surface area (Å²) >= 11 is 1.65. The predicted molar refractivity (Wildman–Crippen MR) is 106 cm³/mol. The molecule has 144 valence electrons. The summed E-state index contributed by atoms with van der Waals surface area (Å²) in [6.07, 6.45) is 4.85. The van der Waals surface area contributed by atoms with Gasteiger partial charge in [0.2, 0.25) is 10.0 Å². The van der Waals surface area contributed by atoms with Gasteiger partial charge in [-0.2, -0.15) is 4.31 Å². The number of sulfonamides is 1. The van der Waals surface area contributed by atoms with E-state index in [9.17, 15) is 13.2 Å². The van der Waals surface area contributed by atoms with Crippen molar-refractivity contribution in [3.63, 3.8) is 0 Å². The summed E-state index contributed by atoms with van der Waals surface area (Å²) in [4.78, 5) is 13.6. The molecule has 7 heteroatoms. The number of rotatable bonds is 6. The molecule has 0 aliphatic carbocycles. The van der Waals surface area contributed by atoms with E-state index in [0.29, 0.717) is 18.7 Å². The van der Waals surface area contributed by atoms with Crippen LogP contribution in [0.15, 0.2) is 58.3 Å². The minimum absolute atomic E-state index is 0.182. The van der Waals surface area contributed by atoms with Gasteiger partial charge in [-0.15, -0.1) is 11.8 Å². The first kappa shape index (κ1) is 19.9. The molecule has 1 heterocycles. The summed E-state index contributed by atoms with van der Waals surface area (Å²) in [5.74, 6) is -0.467. The molecule has 1 aliphatic heterocycles. The third-order valence-electron chi connectivity index (χ3n) is 4.57. The number of benzene rings is 2. The molecule has 2 aromatic carbocycles. The number of hydrogen-bond acceptors (Lipinski definition) is 5. The van der Waals surface area contributed by atoms with Crippen molar-refractivity contribution in [1.82, 2.24) is 4.31 Å². The minimum Gasteiger partial charge on any atom is -0.457 e. The van der Waals surface area contributed by atoms with Crippen LogP contribution in [-0.2, 0) is 21.4 Å². The summed E-state index contributed by atoms with van der Waals surface area (Å²) in [5, 5.41) is 0. The van der Waals surface area contributed by atoms with E-state index < -0.39 is 16.0 Å². The van der Waals surface area contributed by atoms with Gasteiger partial charge in [-0.25, -0.2) is 13.2 Å². The van der Waals surface area contributed by atoms with Gasteiger partial charge >= 0.3 is 5.97 Å². The van der Waals surface area contributed by atoms with Crippen molar-refractivity contribution in [1.29, 1.82) is 0 Å². The number of esters is 1. The fourth-order valence-corrected chi connectivity index (χ4v) is 4.90. The van der Waals surface area contributed by atoms with E-state index in [0.717, 1.165) is 29.7 Å². The molecule has 0 aromatic heterocycles. The molecule has 2 aromatic rings. The highest BCUT2D eigenvalue weighted by Crippen LogP contribution is 2.21. The monoisotopic (exact) mass is 405 g/mol. The summed E-state index contributed by atoms with van der Waals surface area (Å²) in [7, 11) is -3.49. The molecular formula is C20H23NO4S2. The molecule has 5 nitrogen and oxygen atoms in total. The van der Waals surface area contributed by atoms with Crippen molar-refractivity contribution < 1.29 is 17.9 Å². The van der Waals surface area contributed by atoms with Crippen LogP contribution < -0.4 is 0 Å². The SMILES string of the molecule is CSc1ccc(COC(=O)c2ccc(S(=O)(=O)N3CCCCC3)cc2)cc1. The molecule has 27 heavy (non-hydrogen) atoms. The first-order valence-corrected chi connectivity index (χ1v) is 11.6. The van der Waals surface area contributed by atoms with Crippen LogP contribution in [0.2, 0.25) is 0 Å². The van der Waals surface area contributed by atoms with Gasteiger partial charge < -0.3 is 4.74 Å². The largest absolute Gasteiger partial charge is 0.457 e. The Morgan fingerprint density at radius 3 is 2.22 bits per heavy atom. The number of carbonyl (C=O) groups is 1. The zero-order chi connectivity index (χ0) is 19.3. The summed E-state index contributed by atoms with van der Waals surface area (Å²) in [6, 6.07) is 13.8. The standard InChI is InChI=1S/C20H23NO4S2/c1-26-18-9-5-16(6-10-18)15-25-20(22)17-7-11-19(12-8-17)27(23,24)21-13-3-2-4-14-21/h5-12H,2-4,13-15H2,1H3. The zero-order valence-corrected chi connectivity index (χ0v) is 16.9. The van der Waals surface area contributed by atoms with Crippen LogP contribution in [0.4, 0.5) is 0 Å². The molecule has 0 spiro atoms. The first-order valence-electron chi connectivity index (χ1n) is 8.91. The Bertz CT molecular complexity index is 871. The molecule has 1 saturated heterocycles. The molecule has 3 rings (SSSR count). The molecule has 0 N–H and O–H groups in total. The lowest BCUT2D eigenvalue weighted by molar-refractivity contribution is 0.0472. The molecule has 0 unspecified atom stereocenters. The molecule has 0 atom stereocenters. The van der Waals surface area contributed by atoms with Gasteiger partial charge in [0, 0.05) is 18.0 Å². The lowest BCUT2D eigenvalue weighted by Gasteiger charge is -2.25. The van der Waals surface area contributed by atoms with Crippen molar-refractivity contribution >= 4 is 27.8 Å². The van der Waals surface area contributed by atoms with E-state index in [1.54, 1.807) is 11.8 Å². The highest BCUT2D eigenvalue weighted by atomic mass is 32.2. The molecule has 0 saturated carbocycles. The van der Waals surface area contributed by atoms with Crippen LogP contribution in [0.25, 0.3) is 0 Å². The highest BCUT2D eigenvalue weighted by molar-refractivity contribution is 7.98. The van der Waals surface area contributed by atoms with Crippen LogP contribution in [0.5, 0.6) is 0 Å². The average Bonchev–Trinajstić information content (AvgIpc) is 2.73. The number of hydrogen-bond donors (Lipinski definition) is 0. The topological polar surface area (TPSA) is 63.7 Å². The molecular weight excluding hydrogens is 382 g/mol. The number of ether oxygens (including phenoxy) is 1. The van der Waals surface area contributed by atoms with Gasteiger partial charge in [-0.3, -0.25) is 0 Å². The highest BCUT2D eigenvalue weighted by Gasteiger charge is 2.26. The normalized spacial score (nSPS) is 15.4. The van der Waals surface area contributed by atoms with E-state index in [-0.39, 0.29) is 11.5 Å². The Labute approximate surface area is 164 Å². The van der Waals surface area contributed by atoms with Gasteiger partial charge in [-0.1, -0.05) is 18.6 Å². The van der Waals surface area contributed by atoms with E-state index in [1.807, 2.05) is 30.5 Å². The maximum absolute atomic E-state index is 12.6. The third kappa shape index (κ3) is 4.91. The Balaban J connectivity index is 1.62. The van der Waals surface area contributed by atoms with Crippen LogP contribution in [-0.4, -0.2) is 38.0 Å². The summed E-state index contributed by atoms with van der Waals surface area (Å²) in [5.41, 5.74) is 1.25. The van der Waals surface area contributed by atoms with Crippen molar-refractivity contribution in [2.24, 2.45) is 0 Å². The van der Waals surface area contributed by atoms with Gasteiger partial charge in [-0.05, 0) is 61.1 Å². The molecule has 0 radical (unpaired) electrons. The van der Waals surface area contributed by atoms with E-state index in [1.165, 1.54) is 28.6 Å². The van der Waals surface area contributed by atoms with Crippen molar-refractivity contribution in [2.45, 2.75) is 35.7 Å². The summed E-state index contributed by atoms with van der Waals surface area (Å²) < 4.78 is 32.1. The lowest BCUT2D eigenvalue weighted by atomic mass is 10.2. The number of thioether (sulfide) groups is 1. The van der Waals surface area contributed by atoms with Crippen molar-refractivity contribution in [3.05, 3.63) is 59.7 Å². The Morgan fingerprint density at radius 2 is 1.63 bits per heavy atom. The van der Waals surface area contributed by atoms with Gasteiger partial charge in [0.1, 0.15) is 6.61 Å². The van der Waals surface area contributed by atoms with Crippen LogP contribution in [0.3, 0.4) is 0 Å². The van der Waals surface area contributed by atoms with Crippen LogP contribution in [0, 0.1) is 0 Å². The number of piperidine rings is 1. The fraction of sp³-hybridized carbons (Fsp3) is 0.350. The number of carbonyl (C=O) groups excluding carboxylic acids is 1. The van der Waals surface area contributed by atoms with Gasteiger partial charge in [0.15, 0.2) is 0 Å². The van der Waals surface area contributed by atoms with Crippen LogP contribution in [0.1, 0.15) is 35.2 Å². The molecule has 0 bridgehead atoms. The van der Waals surface area contributed by atoms with E-state index >= 15 is 0 Å². The van der Waals surface area contributed by atoms with Crippen LogP contribution >= 0.6 is 11.8 Å². The fourth-order valence-electron chi connectivity index (χ4n) is 2.97. The summed E-state index contributed by atoms with van der Waals surface area (Å²) in [6.45, 7) is 1.30. The Kier molecular flexibility index (Phi) is 6.57. The second-order valence-electron chi connectivity index (χ2n) is 6.41. The number of nitrogens with zero attached hydrogens (tertiary/aromatic N) is 1. The smallest absolute Gasteiger partial charge is 0.338 e. The third-order valence-corrected chi connectivity index (χ3v) is 7.23. The van der Waals surface area contributed by atoms with Gasteiger partial charge in [0.25, 0.3) is 0 Å². The maximum Gasteiger partial charge on any atom is 0.338 e. The van der Waals surface area contributed by atoms with E-state index in [2.05, 4.69) is 0 Å². The molecule has 1 fully saturated rings. The zero-order valence-electron chi connectivity index (χ0n) is 15.3. The Morgan fingerprint density at radius 1 is 1.00 bits per heavy atom. The average molecular weight is 406 g/mol. The second-order valence-corrected chi connectivity index (χ2v) is 9.23. The van der Waals surface area contributed by atoms with E-state index in [4.69, 9.17) is 4.74 Å². The Hall–Kier alpha value is -1.83. The predicted octanol–water partition coefficient (Wildman–Crippen LogP) is 3.94. The van der Waals surface area contributed by atoms with Crippen molar-refractivity contribution in [2.75, 3.05) is 19.3 Å².